The molecule has 0 radical (unpaired) electrons. The molecule has 2 nitrogen and oxygen atoms in total. The predicted octanol–water partition coefficient (Wildman–Crippen LogP) is 10.6. The maximum Gasteiger partial charge on any atom is 0.0998 e. The maximum absolute atomic E-state index is 10.0. The van der Waals surface area contributed by atoms with E-state index < -0.39 is 0 Å². The molecule has 0 fully saturated rings. The lowest BCUT2D eigenvalue weighted by Gasteiger charge is -2.17. The molecule has 2 heteroatoms. The Hall–Kier alpha value is -5.78. The van der Waals surface area contributed by atoms with Crippen molar-refractivity contribution in [2.45, 2.75) is 0 Å². The number of aromatic nitrogens is 1. The van der Waals surface area contributed by atoms with Gasteiger partial charge >= 0.3 is 0 Å². The zero-order valence-electron chi connectivity index (χ0n) is 22.8. The maximum atomic E-state index is 10.0. The van der Waals surface area contributed by atoms with Crippen LogP contribution in [0.25, 0.3) is 76.7 Å². The molecule has 0 aliphatic rings. The van der Waals surface area contributed by atoms with Crippen molar-refractivity contribution in [3.05, 3.63) is 151 Å². The van der Waals surface area contributed by atoms with E-state index in [4.69, 9.17) is 4.98 Å². The first-order chi connectivity index (χ1) is 20.8. The molecule has 0 aliphatic heterocycles. The average molecular weight is 533 g/mol. The van der Waals surface area contributed by atoms with Crippen molar-refractivity contribution in [2.75, 3.05) is 0 Å². The molecular formula is C40H24N2. The highest BCUT2D eigenvalue weighted by atomic mass is 14.7. The van der Waals surface area contributed by atoms with Gasteiger partial charge in [0.15, 0.2) is 0 Å². The summed E-state index contributed by atoms with van der Waals surface area (Å²) in [5, 5.41) is 18.0. The molecule has 0 saturated heterocycles. The molecule has 194 valence electrons. The van der Waals surface area contributed by atoms with Crippen molar-refractivity contribution in [2.24, 2.45) is 0 Å². The molecule has 0 bridgehead atoms. The molecular weight excluding hydrogens is 508 g/mol. The Bertz CT molecular complexity index is 2370. The van der Waals surface area contributed by atoms with Crippen molar-refractivity contribution < 1.29 is 0 Å². The molecule has 0 saturated carbocycles. The fraction of sp³-hybridized carbons (Fsp3) is 0. The zero-order chi connectivity index (χ0) is 28.0. The van der Waals surface area contributed by atoms with Gasteiger partial charge in [0.1, 0.15) is 0 Å². The summed E-state index contributed by atoms with van der Waals surface area (Å²) in [5.74, 6) is 0. The minimum atomic E-state index is 0.661. The molecule has 0 aliphatic carbocycles. The summed E-state index contributed by atoms with van der Waals surface area (Å²) < 4.78 is 0. The van der Waals surface area contributed by atoms with Gasteiger partial charge < -0.3 is 0 Å². The van der Waals surface area contributed by atoms with Gasteiger partial charge in [-0.15, -0.1) is 0 Å². The molecule has 1 aromatic heterocycles. The quantitative estimate of drug-likeness (QED) is 0.212. The molecule has 8 aromatic rings. The third-order valence-corrected chi connectivity index (χ3v) is 8.30. The van der Waals surface area contributed by atoms with Crippen LogP contribution in [0.3, 0.4) is 0 Å². The van der Waals surface area contributed by atoms with E-state index in [1.807, 2.05) is 24.3 Å². The lowest BCUT2D eigenvalue weighted by molar-refractivity contribution is 1.42. The van der Waals surface area contributed by atoms with Crippen LogP contribution >= 0.6 is 0 Å². The van der Waals surface area contributed by atoms with E-state index in [-0.39, 0.29) is 0 Å². The second-order valence-electron chi connectivity index (χ2n) is 10.6. The van der Waals surface area contributed by atoms with Crippen molar-refractivity contribution in [1.82, 2.24) is 4.98 Å². The van der Waals surface area contributed by atoms with E-state index in [9.17, 15) is 5.26 Å². The third kappa shape index (κ3) is 3.76. The van der Waals surface area contributed by atoms with Gasteiger partial charge in [-0.2, -0.15) is 5.26 Å². The molecule has 0 N–H and O–H groups in total. The standard InChI is InChI=1S/C40H24N2/c41-25-28-13-3-6-18-31(28)36-23-38-37(32-21-9-14-26-11-1-4-16-29(26)32)24-39(42-40(38)35-20-8-7-19-33(35)36)34-22-10-15-27-12-2-5-17-30(27)34/h1-24H. The first kappa shape index (κ1) is 24.1. The fourth-order valence-electron chi connectivity index (χ4n) is 6.36. The summed E-state index contributed by atoms with van der Waals surface area (Å²) in [6, 6.07) is 53.2. The van der Waals surface area contributed by atoms with E-state index in [1.54, 1.807) is 0 Å². The summed E-state index contributed by atoms with van der Waals surface area (Å²) in [5.41, 5.74) is 7.93. The Balaban J connectivity index is 1.56. The largest absolute Gasteiger partial charge is 0.247 e. The Kier molecular flexibility index (Phi) is 5.55. The van der Waals surface area contributed by atoms with E-state index in [1.165, 1.54) is 21.5 Å². The average Bonchev–Trinajstić information content (AvgIpc) is 3.07. The number of hydrogen-bond acceptors (Lipinski definition) is 2. The van der Waals surface area contributed by atoms with Crippen LogP contribution in [0.15, 0.2) is 146 Å². The Morgan fingerprint density at radius 2 is 0.929 bits per heavy atom. The van der Waals surface area contributed by atoms with Gasteiger partial charge in [-0.3, -0.25) is 0 Å². The van der Waals surface area contributed by atoms with Crippen LogP contribution in [0.4, 0.5) is 0 Å². The first-order valence-electron chi connectivity index (χ1n) is 14.1. The first-order valence-corrected chi connectivity index (χ1v) is 14.1. The van der Waals surface area contributed by atoms with E-state index in [2.05, 4.69) is 127 Å². The van der Waals surface area contributed by atoms with Crippen molar-refractivity contribution in [3.8, 4) is 39.6 Å². The highest BCUT2D eigenvalue weighted by molar-refractivity contribution is 6.18. The molecule has 0 unspecified atom stereocenters. The zero-order valence-corrected chi connectivity index (χ0v) is 22.8. The number of hydrogen-bond donors (Lipinski definition) is 0. The normalized spacial score (nSPS) is 11.3. The van der Waals surface area contributed by atoms with Gasteiger partial charge in [0.25, 0.3) is 0 Å². The van der Waals surface area contributed by atoms with Crippen molar-refractivity contribution in [1.29, 1.82) is 5.26 Å². The summed E-state index contributed by atoms with van der Waals surface area (Å²) in [6.07, 6.45) is 0. The predicted molar refractivity (Wildman–Crippen MR) is 175 cm³/mol. The summed E-state index contributed by atoms with van der Waals surface area (Å²) >= 11 is 0. The molecule has 0 amide bonds. The minimum absolute atomic E-state index is 0.661. The van der Waals surface area contributed by atoms with Gasteiger partial charge in [0.2, 0.25) is 0 Å². The molecule has 42 heavy (non-hydrogen) atoms. The van der Waals surface area contributed by atoms with Crippen LogP contribution in [0.1, 0.15) is 5.56 Å². The lowest BCUT2D eigenvalue weighted by atomic mass is 9.88. The smallest absolute Gasteiger partial charge is 0.0998 e. The highest BCUT2D eigenvalue weighted by Gasteiger charge is 2.18. The van der Waals surface area contributed by atoms with Gasteiger partial charge in [0.05, 0.1) is 22.8 Å². The summed E-state index contributed by atoms with van der Waals surface area (Å²) in [7, 11) is 0. The van der Waals surface area contributed by atoms with E-state index in [0.29, 0.717) is 5.56 Å². The highest BCUT2D eigenvalue weighted by Crippen LogP contribution is 2.43. The number of nitrogens with zero attached hydrogens (tertiary/aromatic N) is 2. The van der Waals surface area contributed by atoms with Gasteiger partial charge in [-0.05, 0) is 61.8 Å². The van der Waals surface area contributed by atoms with Crippen LogP contribution in [-0.4, -0.2) is 4.98 Å². The molecule has 0 atom stereocenters. The summed E-state index contributed by atoms with van der Waals surface area (Å²) in [6.45, 7) is 0. The topological polar surface area (TPSA) is 36.7 Å². The third-order valence-electron chi connectivity index (χ3n) is 8.30. The second kappa shape index (κ2) is 9.70. The summed E-state index contributed by atoms with van der Waals surface area (Å²) in [4.78, 5) is 5.40. The molecule has 8 rings (SSSR count). The van der Waals surface area contributed by atoms with Crippen LogP contribution in [0.2, 0.25) is 0 Å². The number of fused-ring (bicyclic) bond motifs is 5. The van der Waals surface area contributed by atoms with Crippen molar-refractivity contribution in [3.63, 3.8) is 0 Å². The van der Waals surface area contributed by atoms with Crippen molar-refractivity contribution >= 4 is 43.2 Å². The second-order valence-corrected chi connectivity index (χ2v) is 10.6. The van der Waals surface area contributed by atoms with E-state index in [0.717, 1.165) is 55.2 Å². The van der Waals surface area contributed by atoms with E-state index >= 15 is 0 Å². The molecule has 0 spiro atoms. The van der Waals surface area contributed by atoms with Gasteiger partial charge in [0, 0.05) is 21.9 Å². The van der Waals surface area contributed by atoms with Gasteiger partial charge in [-0.1, -0.05) is 127 Å². The number of rotatable bonds is 3. The Morgan fingerprint density at radius 1 is 0.405 bits per heavy atom. The number of nitriles is 1. The molecule has 7 aromatic carbocycles. The van der Waals surface area contributed by atoms with Crippen LogP contribution in [0.5, 0.6) is 0 Å². The monoisotopic (exact) mass is 532 g/mol. The van der Waals surface area contributed by atoms with Crippen LogP contribution < -0.4 is 0 Å². The van der Waals surface area contributed by atoms with Gasteiger partial charge in [-0.25, -0.2) is 4.98 Å². The minimum Gasteiger partial charge on any atom is -0.247 e. The number of pyridine rings is 1. The number of benzene rings is 7. The SMILES string of the molecule is N#Cc1ccccc1-c1cc2c(-c3cccc4ccccc34)cc(-c3cccc4ccccc34)nc2c2ccccc12. The van der Waals surface area contributed by atoms with Crippen LogP contribution in [-0.2, 0) is 0 Å². The lowest BCUT2D eigenvalue weighted by Crippen LogP contribution is -1.95. The Labute approximate surface area is 243 Å². The van der Waals surface area contributed by atoms with Crippen LogP contribution in [0, 0.1) is 11.3 Å². The fourth-order valence-corrected chi connectivity index (χ4v) is 6.36. The Morgan fingerprint density at radius 3 is 1.67 bits per heavy atom. The molecule has 1 heterocycles.